The zero-order valence-corrected chi connectivity index (χ0v) is 34.1. The number of amides is 2. The molecule has 1 fully saturated rings. The number of rotatable bonds is 16. The monoisotopic (exact) mass is 848 g/mol. The summed E-state index contributed by atoms with van der Waals surface area (Å²) in [4.78, 5) is 47.2. The molecule has 310 valence electrons. The van der Waals surface area contributed by atoms with Crippen molar-refractivity contribution in [3.8, 4) is 11.4 Å². The highest BCUT2D eigenvalue weighted by Crippen LogP contribution is 2.30. The van der Waals surface area contributed by atoms with Crippen LogP contribution in [0.15, 0.2) is 98.5 Å². The number of pyridine rings is 4. The number of alkyl halides is 4. The van der Waals surface area contributed by atoms with E-state index in [0.717, 1.165) is 28.0 Å². The number of aromatic nitrogens is 6. The van der Waals surface area contributed by atoms with E-state index in [0.29, 0.717) is 47.7 Å². The number of halogens is 4. The molecule has 1 N–H and O–H groups in total. The van der Waals surface area contributed by atoms with Crippen LogP contribution in [0, 0.1) is 0 Å². The molecular weight excluding hydrogens is 805 g/mol. The van der Waals surface area contributed by atoms with Gasteiger partial charge in [0.05, 0.1) is 29.3 Å². The van der Waals surface area contributed by atoms with Gasteiger partial charge in [0, 0.05) is 101 Å². The van der Waals surface area contributed by atoms with Crippen molar-refractivity contribution in [2.45, 2.75) is 43.9 Å². The van der Waals surface area contributed by atoms with Gasteiger partial charge in [-0.1, -0.05) is 6.58 Å². The summed E-state index contributed by atoms with van der Waals surface area (Å²) in [6.45, 7) is 5.13. The second kappa shape index (κ2) is 19.0. The van der Waals surface area contributed by atoms with Gasteiger partial charge in [-0.2, -0.15) is 0 Å². The maximum absolute atomic E-state index is 14.2. The molecule has 1 aliphatic heterocycles. The first kappa shape index (κ1) is 43.0. The first-order valence-corrected chi connectivity index (χ1v) is 20.4. The molecule has 1 saturated heterocycles. The number of thiol groups is 2. The van der Waals surface area contributed by atoms with Crippen LogP contribution >= 0.6 is 23.3 Å². The fraction of sp³-hybridized carbons (Fsp3) is 0.317. The van der Waals surface area contributed by atoms with Crippen LogP contribution < -0.4 is 15.1 Å². The van der Waals surface area contributed by atoms with E-state index in [-0.39, 0.29) is 51.2 Å². The molecular formula is C41H44F4N10O2S2. The molecule has 6 aromatic rings. The number of hydrogen-bond donors (Lipinski definition) is 3. The third-order valence-corrected chi connectivity index (χ3v) is 10.2. The van der Waals surface area contributed by atoms with E-state index in [1.54, 1.807) is 30.9 Å². The number of piperidine rings is 1. The highest BCUT2D eigenvalue weighted by molar-refractivity contribution is 8.59. The van der Waals surface area contributed by atoms with Crippen molar-refractivity contribution in [1.82, 2.24) is 39.3 Å². The average molecular weight is 849 g/mol. The minimum atomic E-state index is -2.89. The number of aryl methyl sites for hydroxylation is 1. The normalized spacial score (nSPS) is 13.8. The molecule has 6 aromatic heterocycles. The number of nitrogens with zero attached hydrogens (tertiary/aromatic N) is 9. The summed E-state index contributed by atoms with van der Waals surface area (Å²) in [6, 6.07) is 15.0. The lowest BCUT2D eigenvalue weighted by Crippen LogP contribution is -2.42. The van der Waals surface area contributed by atoms with Crippen molar-refractivity contribution in [2.24, 2.45) is 0 Å². The first-order chi connectivity index (χ1) is 28.4. The van der Waals surface area contributed by atoms with Gasteiger partial charge < -0.3 is 20.0 Å². The molecule has 7 heterocycles. The zero-order valence-electron chi connectivity index (χ0n) is 32.3. The number of fused-ring (bicyclic) bond motifs is 2. The average Bonchev–Trinajstić information content (AvgIpc) is 3.88. The van der Waals surface area contributed by atoms with E-state index in [1.165, 1.54) is 11.1 Å². The smallest absolute Gasteiger partial charge is 0.255 e. The third-order valence-electron chi connectivity index (χ3n) is 10.2. The molecule has 0 aromatic carbocycles. The predicted molar refractivity (Wildman–Crippen MR) is 229 cm³/mol. The molecule has 0 spiro atoms. The molecule has 1 aliphatic rings. The molecule has 0 radical (unpaired) electrons. The minimum Gasteiger partial charge on any atom is -0.358 e. The third kappa shape index (κ3) is 10.3. The van der Waals surface area contributed by atoms with Crippen LogP contribution in [0.3, 0.4) is 0 Å². The Morgan fingerprint density at radius 3 is 2.07 bits per heavy atom. The van der Waals surface area contributed by atoms with Crippen molar-refractivity contribution in [1.29, 1.82) is 0 Å². The van der Waals surface area contributed by atoms with Crippen LogP contribution in [0.5, 0.6) is 0 Å². The van der Waals surface area contributed by atoms with Crippen molar-refractivity contribution < 1.29 is 27.2 Å². The number of hydrogen-bond acceptors (Lipinski definition) is 10. The van der Waals surface area contributed by atoms with Gasteiger partial charge in [-0.05, 0) is 66.7 Å². The highest BCUT2D eigenvalue weighted by Gasteiger charge is 2.36. The van der Waals surface area contributed by atoms with E-state index in [1.807, 2.05) is 80.8 Å². The SMILES string of the molecule is C=CN(CCN(C)c1ccc(-n2ccc3cc(C(=O)N4CCC(F)(F)CC4)cnc32)cn1)c1ccc(-n2ccc3cc(CCC(F)(F)CCNC=O)cnc32)cn1.SS. The van der Waals surface area contributed by atoms with Gasteiger partial charge in [0.25, 0.3) is 11.8 Å². The van der Waals surface area contributed by atoms with Gasteiger partial charge in [-0.3, -0.25) is 18.7 Å². The van der Waals surface area contributed by atoms with Crippen molar-refractivity contribution in [2.75, 3.05) is 49.6 Å². The van der Waals surface area contributed by atoms with Crippen LogP contribution in [-0.2, 0) is 11.2 Å². The number of carbonyl (C=O) groups is 2. The van der Waals surface area contributed by atoms with Crippen molar-refractivity contribution in [3.05, 3.63) is 110 Å². The van der Waals surface area contributed by atoms with E-state index in [2.05, 4.69) is 55.2 Å². The zero-order chi connectivity index (χ0) is 42.2. The fourth-order valence-corrected chi connectivity index (χ4v) is 6.86. The summed E-state index contributed by atoms with van der Waals surface area (Å²) in [7, 11) is 1.95. The van der Waals surface area contributed by atoms with E-state index < -0.39 is 18.3 Å². The van der Waals surface area contributed by atoms with E-state index >= 15 is 0 Å². The molecule has 2 amide bonds. The topological polar surface area (TPSA) is 117 Å². The molecule has 12 nitrogen and oxygen atoms in total. The molecule has 0 bridgehead atoms. The number of carbonyl (C=O) groups excluding carboxylic acids is 2. The lowest BCUT2D eigenvalue weighted by Gasteiger charge is -2.31. The minimum absolute atomic E-state index is 0.0182. The van der Waals surface area contributed by atoms with Crippen LogP contribution in [-0.4, -0.2) is 97.9 Å². The molecule has 0 aliphatic carbocycles. The second-order valence-electron chi connectivity index (χ2n) is 14.1. The van der Waals surface area contributed by atoms with Crippen LogP contribution in [0.2, 0.25) is 0 Å². The molecule has 7 rings (SSSR count). The van der Waals surface area contributed by atoms with Crippen LogP contribution in [0.1, 0.15) is 41.6 Å². The standard InChI is InChI=1S/C41H42F4N10O2.H2S2/c1-3-52(36-7-5-34(27-48-36)54-16-9-30-22-29(24-49-37(30)54)8-11-40(42,43)12-15-46-28-56)21-20-51(2)35-6-4-33(26-47-35)55-17-10-31-23-32(25-50-38(31)55)39(57)53-18-13-41(44,45)14-19-53;1-2/h3-7,9-10,16-17,22-28H,1,8,11-15,18-21H2,2H3,(H,46,56);1-2H. The lowest BCUT2D eigenvalue weighted by atomic mass is 10.0. The Labute approximate surface area is 349 Å². The molecule has 18 heteroatoms. The van der Waals surface area contributed by atoms with Gasteiger partial charge in [0.2, 0.25) is 12.3 Å². The molecule has 59 heavy (non-hydrogen) atoms. The number of anilines is 2. The van der Waals surface area contributed by atoms with Crippen LogP contribution in [0.25, 0.3) is 33.4 Å². The number of nitrogens with one attached hydrogen (secondary N) is 1. The summed E-state index contributed by atoms with van der Waals surface area (Å²) >= 11 is 6.44. The predicted octanol–water partition coefficient (Wildman–Crippen LogP) is 7.58. The number of likely N-dealkylation sites (tertiary alicyclic amines) is 1. The highest BCUT2D eigenvalue weighted by atomic mass is 33.1. The Morgan fingerprint density at radius 2 is 1.47 bits per heavy atom. The summed E-state index contributed by atoms with van der Waals surface area (Å²) in [5.41, 5.74) is 3.99. The van der Waals surface area contributed by atoms with Gasteiger partial charge in [0.1, 0.15) is 22.9 Å². The maximum atomic E-state index is 14.2. The van der Waals surface area contributed by atoms with Gasteiger partial charge in [-0.15, -0.1) is 23.3 Å². The summed E-state index contributed by atoms with van der Waals surface area (Å²) in [6.07, 6.45) is 11.2. The summed E-state index contributed by atoms with van der Waals surface area (Å²) in [5.74, 6) is -4.45. The van der Waals surface area contributed by atoms with Gasteiger partial charge in [-0.25, -0.2) is 37.5 Å². The lowest BCUT2D eigenvalue weighted by molar-refractivity contribution is -0.109. The molecule has 0 saturated carbocycles. The quantitative estimate of drug-likeness (QED) is 0.0301. The Morgan fingerprint density at radius 1 is 0.864 bits per heavy atom. The van der Waals surface area contributed by atoms with Crippen molar-refractivity contribution >= 4 is 69.3 Å². The maximum Gasteiger partial charge on any atom is 0.255 e. The first-order valence-electron chi connectivity index (χ1n) is 18.8. The Balaban J connectivity index is 0.00000288. The van der Waals surface area contributed by atoms with E-state index in [4.69, 9.17) is 0 Å². The van der Waals surface area contributed by atoms with E-state index in [9.17, 15) is 27.2 Å². The molecule has 0 atom stereocenters. The fourth-order valence-electron chi connectivity index (χ4n) is 6.86. The van der Waals surface area contributed by atoms with Crippen molar-refractivity contribution in [3.63, 3.8) is 0 Å². The van der Waals surface area contributed by atoms with Crippen LogP contribution in [0.4, 0.5) is 29.2 Å². The Kier molecular flexibility index (Phi) is 13.8. The number of likely N-dealkylation sites (N-methyl/N-ethyl adjacent to an activating group) is 1. The Bertz CT molecular complexity index is 2360. The second-order valence-corrected chi connectivity index (χ2v) is 14.1. The molecule has 0 unspecified atom stereocenters. The Hall–Kier alpha value is -5.62. The summed E-state index contributed by atoms with van der Waals surface area (Å²) < 4.78 is 59.4. The largest absolute Gasteiger partial charge is 0.358 e. The summed E-state index contributed by atoms with van der Waals surface area (Å²) in [5, 5.41) is 3.86. The van der Waals surface area contributed by atoms with Gasteiger partial charge >= 0.3 is 0 Å². The van der Waals surface area contributed by atoms with Gasteiger partial charge in [0.15, 0.2) is 0 Å².